The lowest BCUT2D eigenvalue weighted by atomic mass is 9.97. The van der Waals surface area contributed by atoms with Crippen LogP contribution in [0, 0.1) is 0 Å². The molecule has 1 aliphatic rings. The molecule has 28 heavy (non-hydrogen) atoms. The molecule has 140 valence electrons. The minimum Gasteiger partial charge on any atom is -0.491 e. The first-order valence-corrected chi connectivity index (χ1v) is 9.25. The van der Waals surface area contributed by atoms with Crippen molar-refractivity contribution in [2.45, 2.75) is 12.5 Å². The average molecular weight is 372 g/mol. The van der Waals surface area contributed by atoms with E-state index in [9.17, 15) is 0 Å². The first-order chi connectivity index (χ1) is 13.8. The van der Waals surface area contributed by atoms with Crippen LogP contribution in [0.5, 0.6) is 11.5 Å². The number of nitrogens with one attached hydrogen (secondary N) is 1. The summed E-state index contributed by atoms with van der Waals surface area (Å²) < 4.78 is 13.6. The summed E-state index contributed by atoms with van der Waals surface area (Å²) in [5, 5.41) is 7.84. The van der Waals surface area contributed by atoms with Crippen LogP contribution < -0.4 is 14.8 Å². The molecule has 0 fully saturated rings. The van der Waals surface area contributed by atoms with Gasteiger partial charge in [-0.3, -0.25) is 0 Å². The Hall–Kier alpha value is -3.54. The average Bonchev–Trinajstić information content (AvgIpc) is 3.34. The van der Waals surface area contributed by atoms with Gasteiger partial charge in [-0.1, -0.05) is 48.5 Å². The van der Waals surface area contributed by atoms with Gasteiger partial charge in [-0.25, -0.2) is 9.50 Å². The number of rotatable bonds is 5. The maximum Gasteiger partial charge on any atom is 0.190 e. The number of hydrogen-bond acceptors (Lipinski definition) is 5. The fourth-order valence-electron chi connectivity index (χ4n) is 3.80. The number of aromatic nitrogens is 3. The molecule has 6 heteroatoms. The van der Waals surface area contributed by atoms with Crippen LogP contribution >= 0.6 is 0 Å². The molecule has 1 atom stereocenters. The lowest BCUT2D eigenvalue weighted by Gasteiger charge is -2.12. The maximum absolute atomic E-state index is 6.06. The Morgan fingerprint density at radius 3 is 2.79 bits per heavy atom. The van der Waals surface area contributed by atoms with E-state index in [1.54, 1.807) is 18.0 Å². The molecule has 0 bridgehead atoms. The van der Waals surface area contributed by atoms with E-state index in [4.69, 9.17) is 9.47 Å². The molecule has 5 rings (SSSR count). The first kappa shape index (κ1) is 16.6. The van der Waals surface area contributed by atoms with Crippen molar-refractivity contribution < 1.29 is 9.47 Å². The predicted octanol–water partition coefficient (Wildman–Crippen LogP) is 3.87. The van der Waals surface area contributed by atoms with E-state index in [2.05, 4.69) is 33.6 Å². The molecule has 2 aromatic heterocycles. The molecule has 1 N–H and O–H groups in total. The number of nitrogens with zero attached hydrogens (tertiary/aromatic N) is 3. The van der Waals surface area contributed by atoms with Crippen molar-refractivity contribution in [3.8, 4) is 11.5 Å². The summed E-state index contributed by atoms with van der Waals surface area (Å²) in [5.74, 6) is 1.45. The van der Waals surface area contributed by atoms with Crippen molar-refractivity contribution >= 4 is 11.2 Å². The van der Waals surface area contributed by atoms with Gasteiger partial charge >= 0.3 is 0 Å². The standard InChI is InChI=1S/C22H20N4O2/c1-27-22-19(28-13-15-7-3-2-4-8-15)12-26-21(22)20(24-14-25-26)17-11-23-18-10-6-5-9-16(17)18/h2-10,12,14,17,23H,11,13H2,1H3. The third-order valence-corrected chi connectivity index (χ3v) is 5.13. The second kappa shape index (κ2) is 6.88. The topological polar surface area (TPSA) is 60.7 Å². The molecule has 0 saturated heterocycles. The Kier molecular flexibility index (Phi) is 4.09. The molecule has 2 aromatic carbocycles. The highest BCUT2D eigenvalue weighted by atomic mass is 16.5. The van der Waals surface area contributed by atoms with Gasteiger partial charge in [0, 0.05) is 18.2 Å². The van der Waals surface area contributed by atoms with Gasteiger partial charge in [0.15, 0.2) is 11.5 Å². The van der Waals surface area contributed by atoms with Gasteiger partial charge in [0.1, 0.15) is 18.5 Å². The molecule has 4 aromatic rings. The Bertz CT molecular complexity index is 1120. The molecule has 3 heterocycles. The molecule has 0 spiro atoms. The predicted molar refractivity (Wildman–Crippen MR) is 107 cm³/mol. The Morgan fingerprint density at radius 1 is 1.11 bits per heavy atom. The van der Waals surface area contributed by atoms with Gasteiger partial charge in [-0.15, -0.1) is 0 Å². The highest BCUT2D eigenvalue weighted by Gasteiger charge is 2.29. The highest BCUT2D eigenvalue weighted by Crippen LogP contribution is 2.42. The van der Waals surface area contributed by atoms with Crippen molar-refractivity contribution in [1.29, 1.82) is 0 Å². The smallest absolute Gasteiger partial charge is 0.190 e. The number of anilines is 1. The molecular formula is C22H20N4O2. The largest absolute Gasteiger partial charge is 0.491 e. The van der Waals surface area contributed by atoms with Gasteiger partial charge in [0.05, 0.1) is 19.0 Å². The van der Waals surface area contributed by atoms with Crippen molar-refractivity contribution in [3.63, 3.8) is 0 Å². The monoisotopic (exact) mass is 372 g/mol. The van der Waals surface area contributed by atoms with E-state index >= 15 is 0 Å². The third kappa shape index (κ3) is 2.74. The van der Waals surface area contributed by atoms with E-state index in [0.717, 1.165) is 29.0 Å². The summed E-state index contributed by atoms with van der Waals surface area (Å²) in [4.78, 5) is 4.62. The lowest BCUT2D eigenvalue weighted by molar-refractivity contribution is 0.287. The SMILES string of the molecule is COc1c(OCc2ccccc2)cn2ncnc(C3CNc4ccccc43)c12. The molecular weight excluding hydrogens is 352 g/mol. The van der Waals surface area contributed by atoms with Crippen LogP contribution in [0.2, 0.25) is 0 Å². The van der Waals surface area contributed by atoms with Crippen LogP contribution in [0.15, 0.2) is 67.1 Å². The summed E-state index contributed by atoms with van der Waals surface area (Å²) in [6.07, 6.45) is 3.44. The zero-order valence-corrected chi connectivity index (χ0v) is 15.5. The second-order valence-corrected chi connectivity index (χ2v) is 6.76. The quantitative estimate of drug-likeness (QED) is 0.576. The van der Waals surface area contributed by atoms with Gasteiger partial charge in [0.2, 0.25) is 0 Å². The first-order valence-electron chi connectivity index (χ1n) is 9.25. The van der Waals surface area contributed by atoms with Gasteiger partial charge < -0.3 is 14.8 Å². The summed E-state index contributed by atoms with van der Waals surface area (Å²) in [6.45, 7) is 1.26. The fraction of sp³-hybridized carbons (Fsp3) is 0.182. The van der Waals surface area contributed by atoms with E-state index in [1.807, 2.05) is 42.6 Å². The lowest BCUT2D eigenvalue weighted by Crippen LogP contribution is -2.09. The van der Waals surface area contributed by atoms with Crippen molar-refractivity contribution in [2.75, 3.05) is 19.0 Å². The van der Waals surface area contributed by atoms with Crippen molar-refractivity contribution in [1.82, 2.24) is 14.6 Å². The molecule has 0 aliphatic carbocycles. The van der Waals surface area contributed by atoms with Gasteiger partial charge in [-0.2, -0.15) is 5.10 Å². The number of para-hydroxylation sites is 1. The van der Waals surface area contributed by atoms with Crippen LogP contribution in [-0.4, -0.2) is 28.3 Å². The molecule has 0 saturated carbocycles. The number of fused-ring (bicyclic) bond motifs is 2. The second-order valence-electron chi connectivity index (χ2n) is 6.76. The number of methoxy groups -OCH3 is 1. The van der Waals surface area contributed by atoms with Crippen molar-refractivity contribution in [3.05, 3.63) is 83.9 Å². The van der Waals surface area contributed by atoms with Crippen LogP contribution in [0.3, 0.4) is 0 Å². The minimum absolute atomic E-state index is 0.132. The molecule has 0 radical (unpaired) electrons. The highest BCUT2D eigenvalue weighted by molar-refractivity contribution is 5.73. The van der Waals surface area contributed by atoms with E-state index in [-0.39, 0.29) is 5.92 Å². The van der Waals surface area contributed by atoms with Crippen LogP contribution in [0.4, 0.5) is 5.69 Å². The normalized spacial score (nSPS) is 15.2. The van der Waals surface area contributed by atoms with Crippen LogP contribution in [0.1, 0.15) is 22.7 Å². The van der Waals surface area contributed by atoms with E-state index in [0.29, 0.717) is 18.1 Å². The molecule has 1 unspecified atom stereocenters. The Balaban J connectivity index is 1.56. The summed E-state index contributed by atoms with van der Waals surface area (Å²) in [5.41, 5.74) is 5.25. The summed E-state index contributed by atoms with van der Waals surface area (Å²) >= 11 is 0. The Morgan fingerprint density at radius 2 is 1.93 bits per heavy atom. The van der Waals surface area contributed by atoms with Crippen molar-refractivity contribution in [2.24, 2.45) is 0 Å². The van der Waals surface area contributed by atoms with Crippen LogP contribution in [0.25, 0.3) is 5.52 Å². The number of benzene rings is 2. The van der Waals surface area contributed by atoms with E-state index < -0.39 is 0 Å². The fourth-order valence-corrected chi connectivity index (χ4v) is 3.80. The minimum atomic E-state index is 0.132. The molecule has 6 nitrogen and oxygen atoms in total. The number of ether oxygens (including phenoxy) is 2. The molecule has 0 amide bonds. The third-order valence-electron chi connectivity index (χ3n) is 5.13. The van der Waals surface area contributed by atoms with E-state index in [1.165, 1.54) is 5.56 Å². The molecule has 1 aliphatic heterocycles. The zero-order chi connectivity index (χ0) is 18.9. The van der Waals surface area contributed by atoms with Gasteiger partial charge in [-0.05, 0) is 17.2 Å². The zero-order valence-electron chi connectivity index (χ0n) is 15.5. The maximum atomic E-state index is 6.06. The summed E-state index contributed by atoms with van der Waals surface area (Å²) in [7, 11) is 1.66. The Labute approximate surface area is 162 Å². The summed E-state index contributed by atoms with van der Waals surface area (Å²) in [6, 6.07) is 18.4. The van der Waals surface area contributed by atoms with Crippen LogP contribution in [-0.2, 0) is 6.61 Å². The number of hydrogen-bond donors (Lipinski definition) is 1. The van der Waals surface area contributed by atoms with Gasteiger partial charge in [0.25, 0.3) is 0 Å².